The Morgan fingerprint density at radius 3 is 2.70 bits per heavy atom. The molecule has 1 saturated heterocycles. The van der Waals surface area contributed by atoms with Crippen LogP contribution in [0.25, 0.3) is 0 Å². The molecule has 1 heterocycles. The zero-order valence-corrected chi connectivity index (χ0v) is 6.14. The predicted octanol–water partition coefficient (Wildman–Crippen LogP) is -1.20. The van der Waals surface area contributed by atoms with Crippen molar-refractivity contribution in [2.75, 3.05) is 6.54 Å². The second-order valence-electron chi connectivity index (χ2n) is 3.05. The van der Waals surface area contributed by atoms with Gasteiger partial charge in [-0.15, -0.1) is 0 Å². The van der Waals surface area contributed by atoms with Crippen LogP contribution in [0.15, 0.2) is 0 Å². The maximum absolute atomic E-state index is 10.7. The third-order valence-corrected chi connectivity index (χ3v) is 1.60. The summed E-state index contributed by atoms with van der Waals surface area (Å²) in [5, 5.41) is 14.5. The van der Waals surface area contributed by atoms with Crippen molar-refractivity contribution in [2.45, 2.75) is 25.6 Å². The van der Waals surface area contributed by atoms with Crippen LogP contribution in [0.3, 0.4) is 0 Å². The first-order chi connectivity index (χ1) is 4.52. The Balaban J connectivity index is 2.63. The van der Waals surface area contributed by atoms with Crippen LogP contribution in [0, 0.1) is 0 Å². The standard InChI is InChI=1S/C6H12N2O2/c1-6(2)5(10)7-3-4(9)8-6/h5,7,10H,3H2,1-2H3,(H,8,9). The van der Waals surface area contributed by atoms with E-state index >= 15 is 0 Å². The van der Waals surface area contributed by atoms with E-state index in [1.807, 2.05) is 0 Å². The van der Waals surface area contributed by atoms with E-state index in [9.17, 15) is 9.90 Å². The molecule has 4 nitrogen and oxygen atoms in total. The number of amides is 1. The number of rotatable bonds is 0. The Labute approximate surface area is 59.6 Å². The van der Waals surface area contributed by atoms with Crippen molar-refractivity contribution in [1.29, 1.82) is 0 Å². The summed E-state index contributed by atoms with van der Waals surface area (Å²) in [6.07, 6.45) is -0.648. The van der Waals surface area contributed by atoms with Crippen molar-refractivity contribution in [3.8, 4) is 0 Å². The highest BCUT2D eigenvalue weighted by Gasteiger charge is 2.33. The fraction of sp³-hybridized carbons (Fsp3) is 0.833. The van der Waals surface area contributed by atoms with Gasteiger partial charge < -0.3 is 10.4 Å². The molecule has 0 saturated carbocycles. The monoisotopic (exact) mass is 144 g/mol. The van der Waals surface area contributed by atoms with Crippen LogP contribution in [-0.2, 0) is 4.79 Å². The summed E-state index contributed by atoms with van der Waals surface area (Å²) >= 11 is 0. The minimum Gasteiger partial charge on any atom is -0.376 e. The normalized spacial score (nSPS) is 31.5. The van der Waals surface area contributed by atoms with E-state index in [0.717, 1.165) is 0 Å². The second kappa shape index (κ2) is 2.21. The fourth-order valence-corrected chi connectivity index (χ4v) is 0.916. The summed E-state index contributed by atoms with van der Waals surface area (Å²) in [5.41, 5.74) is -0.546. The highest BCUT2D eigenvalue weighted by Crippen LogP contribution is 2.08. The Kier molecular flexibility index (Phi) is 1.66. The van der Waals surface area contributed by atoms with Gasteiger partial charge in [-0.25, -0.2) is 0 Å². The highest BCUT2D eigenvalue weighted by atomic mass is 16.3. The fourth-order valence-electron chi connectivity index (χ4n) is 0.916. The Hall–Kier alpha value is -0.610. The largest absolute Gasteiger partial charge is 0.376 e. The summed E-state index contributed by atoms with van der Waals surface area (Å²) in [6, 6.07) is 0. The van der Waals surface area contributed by atoms with Crippen LogP contribution < -0.4 is 10.6 Å². The van der Waals surface area contributed by atoms with Crippen molar-refractivity contribution in [3.05, 3.63) is 0 Å². The molecule has 0 radical (unpaired) electrons. The number of hydrogen-bond donors (Lipinski definition) is 3. The molecule has 1 atom stereocenters. The summed E-state index contributed by atoms with van der Waals surface area (Å²) in [6.45, 7) is 3.73. The van der Waals surface area contributed by atoms with E-state index < -0.39 is 11.8 Å². The van der Waals surface area contributed by atoms with E-state index in [4.69, 9.17) is 0 Å². The van der Waals surface area contributed by atoms with Crippen molar-refractivity contribution in [1.82, 2.24) is 10.6 Å². The third kappa shape index (κ3) is 1.27. The molecule has 58 valence electrons. The van der Waals surface area contributed by atoms with Crippen LogP contribution in [0.1, 0.15) is 13.8 Å². The zero-order chi connectivity index (χ0) is 7.78. The van der Waals surface area contributed by atoms with Gasteiger partial charge in [0.25, 0.3) is 0 Å². The molecule has 1 fully saturated rings. The van der Waals surface area contributed by atoms with Gasteiger partial charge in [0.1, 0.15) is 6.23 Å². The molecular weight excluding hydrogens is 132 g/mol. The zero-order valence-electron chi connectivity index (χ0n) is 6.14. The van der Waals surface area contributed by atoms with Gasteiger partial charge in [0.15, 0.2) is 0 Å². The first-order valence-electron chi connectivity index (χ1n) is 3.25. The van der Waals surface area contributed by atoms with Gasteiger partial charge in [-0.1, -0.05) is 0 Å². The first-order valence-corrected chi connectivity index (χ1v) is 3.25. The molecular formula is C6H12N2O2. The van der Waals surface area contributed by atoms with E-state index in [-0.39, 0.29) is 12.5 Å². The van der Waals surface area contributed by atoms with E-state index in [1.54, 1.807) is 13.8 Å². The van der Waals surface area contributed by atoms with Gasteiger partial charge in [-0.05, 0) is 13.8 Å². The van der Waals surface area contributed by atoms with Gasteiger partial charge in [0.05, 0.1) is 12.1 Å². The molecule has 0 bridgehead atoms. The number of carbonyl (C=O) groups excluding carboxylic acids is 1. The molecule has 0 aromatic heterocycles. The molecule has 1 aliphatic rings. The van der Waals surface area contributed by atoms with E-state index in [1.165, 1.54) is 0 Å². The maximum atomic E-state index is 10.7. The number of nitrogens with one attached hydrogen (secondary N) is 2. The molecule has 0 aliphatic carbocycles. The van der Waals surface area contributed by atoms with Gasteiger partial charge in [-0.3, -0.25) is 10.1 Å². The quantitative estimate of drug-likeness (QED) is 0.400. The average Bonchev–Trinajstić information content (AvgIpc) is 1.78. The Morgan fingerprint density at radius 1 is 1.70 bits per heavy atom. The summed E-state index contributed by atoms with van der Waals surface area (Å²) in [4.78, 5) is 10.7. The maximum Gasteiger partial charge on any atom is 0.234 e. The smallest absolute Gasteiger partial charge is 0.234 e. The van der Waals surface area contributed by atoms with Crippen molar-refractivity contribution in [3.63, 3.8) is 0 Å². The molecule has 4 heteroatoms. The van der Waals surface area contributed by atoms with E-state index in [2.05, 4.69) is 10.6 Å². The van der Waals surface area contributed by atoms with Crippen molar-refractivity contribution < 1.29 is 9.90 Å². The minimum atomic E-state index is -0.648. The molecule has 1 unspecified atom stereocenters. The summed E-state index contributed by atoms with van der Waals surface area (Å²) < 4.78 is 0. The molecule has 10 heavy (non-hydrogen) atoms. The molecule has 0 aromatic rings. The molecule has 1 aliphatic heterocycles. The van der Waals surface area contributed by atoms with Gasteiger partial charge in [-0.2, -0.15) is 0 Å². The molecule has 0 aromatic carbocycles. The van der Waals surface area contributed by atoms with Crippen molar-refractivity contribution in [2.24, 2.45) is 0 Å². The summed E-state index contributed by atoms with van der Waals surface area (Å²) in [5.74, 6) is -0.0738. The van der Waals surface area contributed by atoms with Gasteiger partial charge in [0, 0.05) is 0 Å². The SMILES string of the molecule is CC1(C)NC(=O)CNC1O. The van der Waals surface area contributed by atoms with Crippen LogP contribution in [-0.4, -0.2) is 29.3 Å². The lowest BCUT2D eigenvalue weighted by Crippen LogP contribution is -2.64. The van der Waals surface area contributed by atoms with E-state index in [0.29, 0.717) is 0 Å². The number of aliphatic hydroxyl groups excluding tert-OH is 1. The Bertz CT molecular complexity index is 156. The lowest BCUT2D eigenvalue weighted by atomic mass is 10.0. The molecule has 1 amide bonds. The third-order valence-electron chi connectivity index (χ3n) is 1.60. The lowest BCUT2D eigenvalue weighted by molar-refractivity contribution is -0.128. The van der Waals surface area contributed by atoms with Crippen LogP contribution in [0.2, 0.25) is 0 Å². The first kappa shape index (κ1) is 7.50. The van der Waals surface area contributed by atoms with Crippen molar-refractivity contribution >= 4 is 5.91 Å². The minimum absolute atomic E-state index is 0.0738. The molecule has 1 rings (SSSR count). The number of carbonyl (C=O) groups is 1. The number of piperazine rings is 1. The topological polar surface area (TPSA) is 61.4 Å². The van der Waals surface area contributed by atoms with Crippen LogP contribution in [0.4, 0.5) is 0 Å². The molecule has 0 spiro atoms. The lowest BCUT2D eigenvalue weighted by Gasteiger charge is -2.36. The summed E-state index contributed by atoms with van der Waals surface area (Å²) in [7, 11) is 0. The molecule has 3 N–H and O–H groups in total. The predicted molar refractivity (Wildman–Crippen MR) is 36.2 cm³/mol. The second-order valence-corrected chi connectivity index (χ2v) is 3.05. The number of aliphatic hydroxyl groups is 1. The highest BCUT2D eigenvalue weighted by molar-refractivity contribution is 5.79. The van der Waals surface area contributed by atoms with Crippen LogP contribution >= 0.6 is 0 Å². The Morgan fingerprint density at radius 2 is 2.30 bits per heavy atom. The average molecular weight is 144 g/mol. The van der Waals surface area contributed by atoms with Crippen LogP contribution in [0.5, 0.6) is 0 Å². The number of hydrogen-bond acceptors (Lipinski definition) is 3. The van der Waals surface area contributed by atoms with Gasteiger partial charge >= 0.3 is 0 Å². The van der Waals surface area contributed by atoms with Gasteiger partial charge in [0.2, 0.25) is 5.91 Å².